The quantitative estimate of drug-likeness (QED) is 0.602. The molecule has 3 rings (SSSR count). The number of carbonyl (C=O) groups excluding carboxylic acids is 2. The van der Waals surface area contributed by atoms with Crippen LogP contribution >= 0.6 is 23.4 Å². The lowest BCUT2D eigenvalue weighted by Crippen LogP contribution is -2.39. The SMILES string of the molecule is CC(Sc1nnc(Cc2ccccc2)n1-c1ccc(Cl)cc1)C(=O)NC(N)=O. The minimum atomic E-state index is -0.888. The third-order valence-corrected chi connectivity index (χ3v) is 5.18. The lowest BCUT2D eigenvalue weighted by atomic mass is 10.1. The molecule has 1 unspecified atom stereocenters. The number of benzene rings is 2. The van der Waals surface area contributed by atoms with Gasteiger partial charge in [0.15, 0.2) is 5.16 Å². The summed E-state index contributed by atoms with van der Waals surface area (Å²) in [6.45, 7) is 1.67. The predicted octanol–water partition coefficient (Wildman–Crippen LogP) is 3.19. The van der Waals surface area contributed by atoms with E-state index in [4.69, 9.17) is 17.3 Å². The molecular formula is C19H18ClN5O2S. The number of amides is 3. The lowest BCUT2D eigenvalue weighted by Gasteiger charge is -2.13. The molecule has 2 aromatic carbocycles. The van der Waals surface area contributed by atoms with E-state index in [-0.39, 0.29) is 0 Å². The number of nitrogens with one attached hydrogen (secondary N) is 1. The van der Waals surface area contributed by atoms with Crippen LogP contribution in [0.1, 0.15) is 18.3 Å². The van der Waals surface area contributed by atoms with E-state index in [2.05, 4.69) is 15.5 Å². The fourth-order valence-electron chi connectivity index (χ4n) is 2.55. The molecule has 0 saturated heterocycles. The highest BCUT2D eigenvalue weighted by Gasteiger charge is 2.22. The first-order chi connectivity index (χ1) is 13.4. The molecule has 3 N–H and O–H groups in total. The predicted molar refractivity (Wildman–Crippen MR) is 109 cm³/mol. The molecule has 7 nitrogen and oxygen atoms in total. The number of aromatic nitrogens is 3. The number of urea groups is 1. The van der Waals surface area contributed by atoms with E-state index in [1.807, 2.05) is 47.0 Å². The van der Waals surface area contributed by atoms with E-state index in [9.17, 15) is 9.59 Å². The van der Waals surface area contributed by atoms with Crippen LogP contribution in [0, 0.1) is 0 Å². The van der Waals surface area contributed by atoms with Crippen molar-refractivity contribution in [2.75, 3.05) is 0 Å². The monoisotopic (exact) mass is 415 g/mol. The molecule has 0 aliphatic heterocycles. The molecule has 1 atom stereocenters. The summed E-state index contributed by atoms with van der Waals surface area (Å²) in [6.07, 6.45) is 0.568. The first kappa shape index (κ1) is 19.9. The number of hydrogen-bond acceptors (Lipinski definition) is 5. The number of thioether (sulfide) groups is 1. The van der Waals surface area contributed by atoms with E-state index >= 15 is 0 Å². The Balaban J connectivity index is 1.94. The van der Waals surface area contributed by atoms with Gasteiger partial charge in [-0.3, -0.25) is 14.7 Å². The molecule has 28 heavy (non-hydrogen) atoms. The van der Waals surface area contributed by atoms with Crippen molar-refractivity contribution in [3.8, 4) is 5.69 Å². The number of hydrogen-bond donors (Lipinski definition) is 2. The van der Waals surface area contributed by atoms with Gasteiger partial charge >= 0.3 is 6.03 Å². The van der Waals surface area contributed by atoms with Crippen LogP contribution in [0.4, 0.5) is 4.79 Å². The molecule has 3 amide bonds. The number of carbonyl (C=O) groups is 2. The summed E-state index contributed by atoms with van der Waals surface area (Å²) in [5.74, 6) is 0.228. The standard InChI is InChI=1S/C19H18ClN5O2S/c1-12(17(26)22-18(21)27)28-19-24-23-16(11-13-5-3-2-4-6-13)25(19)15-9-7-14(20)8-10-15/h2-10,12H,11H2,1H3,(H3,21,22,26,27). The van der Waals surface area contributed by atoms with E-state index in [1.165, 1.54) is 11.8 Å². The fourth-order valence-corrected chi connectivity index (χ4v) is 3.57. The van der Waals surface area contributed by atoms with Crippen molar-refractivity contribution < 1.29 is 9.59 Å². The summed E-state index contributed by atoms with van der Waals surface area (Å²) in [5, 5.41) is 11.2. The molecule has 0 saturated carbocycles. The van der Waals surface area contributed by atoms with E-state index in [1.54, 1.807) is 19.1 Å². The van der Waals surface area contributed by atoms with Gasteiger partial charge in [0.1, 0.15) is 5.82 Å². The molecule has 0 spiro atoms. The second kappa shape index (κ2) is 8.90. The third kappa shape index (κ3) is 4.90. The highest BCUT2D eigenvalue weighted by molar-refractivity contribution is 8.00. The number of imide groups is 1. The second-order valence-electron chi connectivity index (χ2n) is 5.99. The Morgan fingerprint density at radius 2 is 1.82 bits per heavy atom. The Bertz CT molecular complexity index is 976. The smallest absolute Gasteiger partial charge is 0.318 e. The largest absolute Gasteiger partial charge is 0.351 e. The summed E-state index contributed by atoms with van der Waals surface area (Å²) in [5.41, 5.74) is 6.93. The topological polar surface area (TPSA) is 103 Å². The van der Waals surface area contributed by atoms with Crippen molar-refractivity contribution >= 4 is 35.3 Å². The van der Waals surface area contributed by atoms with Crippen LogP contribution in [0.5, 0.6) is 0 Å². The molecule has 0 radical (unpaired) electrons. The van der Waals surface area contributed by atoms with Gasteiger partial charge in [0, 0.05) is 17.1 Å². The van der Waals surface area contributed by atoms with Crippen LogP contribution in [0.2, 0.25) is 5.02 Å². The molecule has 1 aromatic heterocycles. The van der Waals surface area contributed by atoms with Gasteiger partial charge in [-0.05, 0) is 36.8 Å². The summed E-state index contributed by atoms with van der Waals surface area (Å²) >= 11 is 7.20. The average molecular weight is 416 g/mol. The number of primary amides is 1. The van der Waals surface area contributed by atoms with Gasteiger partial charge in [-0.2, -0.15) is 0 Å². The molecule has 0 aliphatic rings. The maximum Gasteiger partial charge on any atom is 0.318 e. The Morgan fingerprint density at radius 3 is 2.46 bits per heavy atom. The van der Waals surface area contributed by atoms with Crippen molar-refractivity contribution in [1.29, 1.82) is 0 Å². The highest BCUT2D eigenvalue weighted by atomic mass is 35.5. The van der Waals surface area contributed by atoms with Crippen molar-refractivity contribution in [2.45, 2.75) is 23.8 Å². The van der Waals surface area contributed by atoms with Gasteiger partial charge in [0.05, 0.1) is 5.25 Å². The van der Waals surface area contributed by atoms with Gasteiger partial charge in [0.2, 0.25) is 5.91 Å². The normalized spacial score (nSPS) is 11.8. The fraction of sp³-hybridized carbons (Fsp3) is 0.158. The van der Waals surface area contributed by atoms with Crippen molar-refractivity contribution in [3.63, 3.8) is 0 Å². The number of nitrogens with zero attached hydrogens (tertiary/aromatic N) is 3. The van der Waals surface area contributed by atoms with E-state index in [0.29, 0.717) is 16.6 Å². The number of rotatable bonds is 6. The Morgan fingerprint density at radius 1 is 1.14 bits per heavy atom. The van der Waals surface area contributed by atoms with Crippen LogP contribution in [-0.2, 0) is 11.2 Å². The van der Waals surface area contributed by atoms with Gasteiger partial charge in [0.25, 0.3) is 0 Å². The first-order valence-electron chi connectivity index (χ1n) is 8.45. The zero-order valence-electron chi connectivity index (χ0n) is 15.0. The van der Waals surface area contributed by atoms with E-state index in [0.717, 1.165) is 17.1 Å². The Hall–Kier alpha value is -2.84. The second-order valence-corrected chi connectivity index (χ2v) is 7.73. The summed E-state index contributed by atoms with van der Waals surface area (Å²) < 4.78 is 1.88. The molecule has 3 aromatic rings. The van der Waals surface area contributed by atoms with Crippen molar-refractivity contribution in [2.24, 2.45) is 5.73 Å². The maximum absolute atomic E-state index is 12.0. The minimum Gasteiger partial charge on any atom is -0.351 e. The molecular weight excluding hydrogens is 398 g/mol. The van der Waals surface area contributed by atoms with Gasteiger partial charge in [-0.25, -0.2) is 4.79 Å². The molecule has 0 aliphatic carbocycles. The molecule has 9 heteroatoms. The van der Waals surface area contributed by atoms with Crippen LogP contribution in [0.25, 0.3) is 5.69 Å². The third-order valence-electron chi connectivity index (χ3n) is 3.89. The molecule has 0 fully saturated rings. The zero-order chi connectivity index (χ0) is 20.1. The Kier molecular flexibility index (Phi) is 6.33. The van der Waals surface area contributed by atoms with Gasteiger partial charge in [-0.1, -0.05) is 53.7 Å². The molecule has 0 bridgehead atoms. The summed E-state index contributed by atoms with van der Waals surface area (Å²) in [4.78, 5) is 23.0. The van der Waals surface area contributed by atoms with Gasteiger partial charge < -0.3 is 5.73 Å². The Labute approximate surface area is 171 Å². The van der Waals surface area contributed by atoms with E-state index < -0.39 is 17.2 Å². The van der Waals surface area contributed by atoms with Crippen LogP contribution in [0.15, 0.2) is 59.8 Å². The zero-order valence-corrected chi connectivity index (χ0v) is 16.6. The summed E-state index contributed by atoms with van der Waals surface area (Å²) in [7, 11) is 0. The van der Waals surface area contributed by atoms with Crippen LogP contribution < -0.4 is 11.1 Å². The van der Waals surface area contributed by atoms with Crippen LogP contribution in [0.3, 0.4) is 0 Å². The highest BCUT2D eigenvalue weighted by Crippen LogP contribution is 2.27. The minimum absolute atomic E-state index is 0.493. The molecule has 1 heterocycles. The van der Waals surface area contributed by atoms with Crippen molar-refractivity contribution in [3.05, 3.63) is 71.0 Å². The number of halogens is 1. The van der Waals surface area contributed by atoms with Crippen molar-refractivity contribution in [1.82, 2.24) is 20.1 Å². The molecule has 144 valence electrons. The lowest BCUT2D eigenvalue weighted by molar-refractivity contribution is -0.119. The maximum atomic E-state index is 12.0. The first-order valence-corrected chi connectivity index (χ1v) is 9.71. The van der Waals surface area contributed by atoms with Gasteiger partial charge in [-0.15, -0.1) is 10.2 Å². The number of nitrogens with two attached hydrogens (primary N) is 1. The van der Waals surface area contributed by atoms with Crippen LogP contribution in [-0.4, -0.2) is 32.0 Å². The summed E-state index contributed by atoms with van der Waals surface area (Å²) in [6, 6.07) is 16.3. The average Bonchev–Trinajstić information content (AvgIpc) is 3.04.